The van der Waals surface area contributed by atoms with Gasteiger partial charge in [-0.2, -0.15) is 0 Å². The van der Waals surface area contributed by atoms with Crippen LogP contribution in [0, 0.1) is 6.92 Å². The molecule has 6 nitrogen and oxygen atoms in total. The summed E-state index contributed by atoms with van der Waals surface area (Å²) in [6.07, 6.45) is 1.55. The number of hydrogen-bond acceptors (Lipinski definition) is 6. The van der Waals surface area contributed by atoms with E-state index in [2.05, 4.69) is 41.0 Å². The molecular weight excluding hydrogens is 410 g/mol. The summed E-state index contributed by atoms with van der Waals surface area (Å²) >= 11 is 1.48. The summed E-state index contributed by atoms with van der Waals surface area (Å²) in [6.45, 7) is 5.20. The van der Waals surface area contributed by atoms with Gasteiger partial charge < -0.3 is 14.2 Å². The highest BCUT2D eigenvalue weighted by Crippen LogP contribution is 2.35. The van der Waals surface area contributed by atoms with Gasteiger partial charge in [0.05, 0.1) is 18.4 Å². The maximum absolute atomic E-state index is 13.4. The summed E-state index contributed by atoms with van der Waals surface area (Å²) in [5.74, 6) is 0.103. The van der Waals surface area contributed by atoms with E-state index in [1.54, 1.807) is 18.4 Å². The minimum absolute atomic E-state index is 0.145. The number of thiophene rings is 1. The third-order valence-corrected chi connectivity index (χ3v) is 6.66. The number of furan rings is 1. The van der Waals surface area contributed by atoms with E-state index in [-0.39, 0.29) is 18.4 Å². The number of carbonyl (C=O) groups is 2. The topological polar surface area (TPSA) is 57.0 Å². The molecule has 0 radical (unpaired) electrons. The second kappa shape index (κ2) is 8.07. The number of anilines is 1. The first-order valence-electron chi connectivity index (χ1n) is 10.3. The Morgan fingerprint density at radius 3 is 2.42 bits per heavy atom. The standard InChI is InChI=1S/C24H23N3O3S/c1-17-5-2-6-18(15-17)25-9-11-26(12-10-25)22-21(20-8-4-14-31-20)23(28)27(24(22)29)16-19-7-3-13-30-19/h2-8,13-15H,9-12,16H2,1H3. The van der Waals surface area contributed by atoms with E-state index in [0.717, 1.165) is 18.0 Å². The molecular formula is C24H23N3O3S. The maximum atomic E-state index is 13.4. The lowest BCUT2D eigenvalue weighted by atomic mass is 10.1. The van der Waals surface area contributed by atoms with Crippen molar-refractivity contribution in [2.24, 2.45) is 0 Å². The van der Waals surface area contributed by atoms with Gasteiger partial charge in [0.25, 0.3) is 11.8 Å². The Balaban J connectivity index is 1.41. The molecule has 2 amide bonds. The first-order chi connectivity index (χ1) is 15.1. The largest absolute Gasteiger partial charge is 0.467 e. The number of benzene rings is 1. The molecule has 1 aromatic carbocycles. The van der Waals surface area contributed by atoms with Gasteiger partial charge in [-0.15, -0.1) is 11.3 Å². The van der Waals surface area contributed by atoms with Gasteiger partial charge in [0.2, 0.25) is 0 Å². The molecule has 0 aliphatic carbocycles. The van der Waals surface area contributed by atoms with Crippen LogP contribution in [0.2, 0.25) is 0 Å². The quantitative estimate of drug-likeness (QED) is 0.574. The number of aryl methyl sites for hydroxylation is 1. The Morgan fingerprint density at radius 1 is 0.935 bits per heavy atom. The lowest BCUT2D eigenvalue weighted by molar-refractivity contribution is -0.138. The van der Waals surface area contributed by atoms with Crippen molar-refractivity contribution in [1.29, 1.82) is 0 Å². The van der Waals surface area contributed by atoms with Crippen molar-refractivity contribution < 1.29 is 14.0 Å². The normalized spacial score (nSPS) is 17.3. The molecule has 5 rings (SSSR count). The Kier molecular flexibility index (Phi) is 5.11. The average Bonchev–Trinajstić information content (AvgIpc) is 3.53. The smallest absolute Gasteiger partial charge is 0.278 e. The minimum Gasteiger partial charge on any atom is -0.467 e. The summed E-state index contributed by atoms with van der Waals surface area (Å²) in [5.41, 5.74) is 3.45. The number of nitrogens with zero attached hydrogens (tertiary/aromatic N) is 3. The van der Waals surface area contributed by atoms with Crippen molar-refractivity contribution in [1.82, 2.24) is 9.80 Å². The molecule has 158 valence electrons. The molecule has 0 unspecified atom stereocenters. The van der Waals surface area contributed by atoms with E-state index in [9.17, 15) is 9.59 Å². The number of carbonyl (C=O) groups excluding carboxylic acids is 2. The average molecular weight is 434 g/mol. The summed E-state index contributed by atoms with van der Waals surface area (Å²) < 4.78 is 5.39. The predicted molar refractivity (Wildman–Crippen MR) is 120 cm³/mol. The molecule has 1 saturated heterocycles. The van der Waals surface area contributed by atoms with Gasteiger partial charge >= 0.3 is 0 Å². The van der Waals surface area contributed by atoms with Crippen LogP contribution in [0.1, 0.15) is 16.2 Å². The van der Waals surface area contributed by atoms with Gasteiger partial charge in [-0.05, 0) is 48.2 Å². The van der Waals surface area contributed by atoms with Crippen LogP contribution in [0.5, 0.6) is 0 Å². The molecule has 4 heterocycles. The summed E-state index contributed by atoms with van der Waals surface area (Å²) in [6, 6.07) is 15.8. The van der Waals surface area contributed by atoms with Crippen LogP contribution < -0.4 is 4.90 Å². The Bertz CT molecular complexity index is 1130. The fourth-order valence-electron chi connectivity index (χ4n) is 4.21. The van der Waals surface area contributed by atoms with Crippen LogP contribution in [0.3, 0.4) is 0 Å². The number of piperazine rings is 1. The van der Waals surface area contributed by atoms with Crippen molar-refractivity contribution in [2.75, 3.05) is 31.1 Å². The van der Waals surface area contributed by atoms with E-state index in [0.29, 0.717) is 30.1 Å². The highest BCUT2D eigenvalue weighted by Gasteiger charge is 2.42. The molecule has 0 bridgehead atoms. The molecule has 1 fully saturated rings. The molecule has 2 aromatic heterocycles. The number of amides is 2. The van der Waals surface area contributed by atoms with Gasteiger partial charge in [-0.25, -0.2) is 0 Å². The van der Waals surface area contributed by atoms with Crippen LogP contribution in [0.4, 0.5) is 5.69 Å². The van der Waals surface area contributed by atoms with Gasteiger partial charge in [-0.1, -0.05) is 18.2 Å². The predicted octanol–water partition coefficient (Wildman–Crippen LogP) is 3.75. The van der Waals surface area contributed by atoms with Crippen molar-refractivity contribution in [3.05, 3.63) is 82.1 Å². The first-order valence-corrected chi connectivity index (χ1v) is 11.2. The van der Waals surface area contributed by atoms with Crippen LogP contribution in [-0.4, -0.2) is 47.8 Å². The molecule has 31 heavy (non-hydrogen) atoms. The number of hydrogen-bond donors (Lipinski definition) is 0. The van der Waals surface area contributed by atoms with E-state index < -0.39 is 0 Å². The van der Waals surface area contributed by atoms with Crippen molar-refractivity contribution in [2.45, 2.75) is 13.5 Å². The zero-order chi connectivity index (χ0) is 21.4. The van der Waals surface area contributed by atoms with Crippen LogP contribution in [-0.2, 0) is 16.1 Å². The Morgan fingerprint density at radius 2 is 1.74 bits per heavy atom. The van der Waals surface area contributed by atoms with Crippen LogP contribution >= 0.6 is 11.3 Å². The Labute approximate surface area is 185 Å². The molecule has 7 heteroatoms. The van der Waals surface area contributed by atoms with E-state index in [1.165, 1.54) is 27.5 Å². The van der Waals surface area contributed by atoms with Gasteiger partial charge in [-0.3, -0.25) is 14.5 Å². The van der Waals surface area contributed by atoms with Crippen molar-refractivity contribution >= 4 is 34.4 Å². The van der Waals surface area contributed by atoms with Gasteiger partial charge in [0, 0.05) is 36.7 Å². The highest BCUT2D eigenvalue weighted by molar-refractivity contribution is 7.11. The summed E-state index contributed by atoms with van der Waals surface area (Å²) in [5, 5.41) is 1.93. The summed E-state index contributed by atoms with van der Waals surface area (Å²) in [7, 11) is 0. The number of imide groups is 1. The lowest BCUT2D eigenvalue weighted by Gasteiger charge is -2.37. The first kappa shape index (κ1) is 19.6. The summed E-state index contributed by atoms with van der Waals surface area (Å²) in [4.78, 5) is 33.2. The molecule has 0 N–H and O–H groups in total. The zero-order valence-corrected chi connectivity index (χ0v) is 18.1. The van der Waals surface area contributed by atoms with E-state index in [4.69, 9.17) is 4.42 Å². The van der Waals surface area contributed by atoms with Crippen LogP contribution in [0.15, 0.2) is 70.3 Å². The van der Waals surface area contributed by atoms with Gasteiger partial charge in [0.1, 0.15) is 11.5 Å². The monoisotopic (exact) mass is 433 g/mol. The van der Waals surface area contributed by atoms with Gasteiger partial charge in [0.15, 0.2) is 0 Å². The molecule has 2 aliphatic rings. The fourth-order valence-corrected chi connectivity index (χ4v) is 4.98. The van der Waals surface area contributed by atoms with E-state index >= 15 is 0 Å². The lowest BCUT2D eigenvalue weighted by Crippen LogP contribution is -2.47. The zero-order valence-electron chi connectivity index (χ0n) is 17.3. The Hall–Kier alpha value is -3.32. The second-order valence-corrected chi connectivity index (χ2v) is 8.74. The third kappa shape index (κ3) is 3.65. The molecule has 2 aliphatic heterocycles. The molecule has 0 spiro atoms. The third-order valence-electron chi connectivity index (χ3n) is 5.77. The molecule has 0 atom stereocenters. The molecule has 0 saturated carbocycles. The second-order valence-electron chi connectivity index (χ2n) is 7.79. The van der Waals surface area contributed by atoms with Crippen LogP contribution in [0.25, 0.3) is 5.57 Å². The minimum atomic E-state index is -0.250. The van der Waals surface area contributed by atoms with E-state index in [1.807, 2.05) is 17.5 Å². The number of rotatable bonds is 5. The molecule has 3 aromatic rings. The highest BCUT2D eigenvalue weighted by atomic mass is 32.1. The van der Waals surface area contributed by atoms with Crippen molar-refractivity contribution in [3.63, 3.8) is 0 Å². The fraction of sp³-hybridized carbons (Fsp3) is 0.250. The van der Waals surface area contributed by atoms with Crippen molar-refractivity contribution in [3.8, 4) is 0 Å². The SMILES string of the molecule is Cc1cccc(N2CCN(C3=C(c4cccs4)C(=O)N(Cc4ccco4)C3=O)CC2)c1. The maximum Gasteiger partial charge on any atom is 0.278 e.